The van der Waals surface area contributed by atoms with Crippen LogP contribution in [-0.2, 0) is 32.1 Å². The Morgan fingerprint density at radius 2 is 1.14 bits per heavy atom. The SMILES string of the molecule is C[C](C)=[Zr]([C]1=CC(C(C)(C)C)=CC1C)[CH]1c2ccc(C(C)(C)C)cc2-c2cc(C(C)(C)C)ccc21. The molecule has 1 atom stereocenters. The maximum absolute atomic E-state index is 2.62. The average Bonchev–Trinajstić information content (AvgIpc) is 3.25. The molecule has 0 saturated heterocycles. The van der Waals surface area contributed by atoms with E-state index >= 15 is 0 Å². The zero-order chi connectivity index (χ0) is 26.1. The first-order chi connectivity index (χ1) is 16.0. The summed E-state index contributed by atoms with van der Waals surface area (Å²) in [4.78, 5) is 0. The molecule has 0 aliphatic heterocycles. The van der Waals surface area contributed by atoms with Crippen LogP contribution in [-0.4, -0.2) is 3.21 Å². The van der Waals surface area contributed by atoms with Gasteiger partial charge < -0.3 is 0 Å². The predicted molar refractivity (Wildman–Crippen MR) is 152 cm³/mol. The first-order valence-electron chi connectivity index (χ1n) is 13.4. The van der Waals surface area contributed by atoms with Crippen molar-refractivity contribution in [2.45, 2.75) is 97.5 Å². The minimum atomic E-state index is -2.21. The number of hydrogen-bond acceptors (Lipinski definition) is 0. The normalized spacial score (nSPS) is 18.2. The van der Waals surface area contributed by atoms with E-state index in [0.29, 0.717) is 9.54 Å². The molecule has 0 heterocycles. The fourth-order valence-corrected chi connectivity index (χ4v) is 14.3. The van der Waals surface area contributed by atoms with Gasteiger partial charge in [0.15, 0.2) is 0 Å². The Morgan fingerprint density at radius 1 is 0.686 bits per heavy atom. The van der Waals surface area contributed by atoms with Crippen LogP contribution >= 0.6 is 0 Å². The van der Waals surface area contributed by atoms with Gasteiger partial charge in [0.2, 0.25) is 0 Å². The van der Waals surface area contributed by atoms with Crippen molar-refractivity contribution in [3.8, 4) is 11.1 Å². The summed E-state index contributed by atoms with van der Waals surface area (Å²) >= 11 is -2.21. The van der Waals surface area contributed by atoms with Crippen LogP contribution in [0.2, 0.25) is 0 Å². The Kier molecular flexibility index (Phi) is 6.80. The Labute approximate surface area is 223 Å². The second-order valence-electron chi connectivity index (χ2n) is 14.2. The van der Waals surface area contributed by atoms with E-state index in [1.807, 2.05) is 0 Å². The summed E-state index contributed by atoms with van der Waals surface area (Å²) in [5.41, 5.74) is 11.1. The zero-order valence-corrected chi connectivity index (χ0v) is 26.7. The Morgan fingerprint density at radius 3 is 1.49 bits per heavy atom. The van der Waals surface area contributed by atoms with E-state index < -0.39 is 21.3 Å². The van der Waals surface area contributed by atoms with Gasteiger partial charge >= 0.3 is 224 Å². The van der Waals surface area contributed by atoms with Crippen molar-refractivity contribution in [1.29, 1.82) is 0 Å². The predicted octanol–water partition coefficient (Wildman–Crippen LogP) is 9.69. The van der Waals surface area contributed by atoms with Gasteiger partial charge in [0.1, 0.15) is 0 Å². The van der Waals surface area contributed by atoms with E-state index in [9.17, 15) is 0 Å². The summed E-state index contributed by atoms with van der Waals surface area (Å²) in [7, 11) is 0. The fourth-order valence-electron chi connectivity index (χ4n) is 5.73. The summed E-state index contributed by atoms with van der Waals surface area (Å²) in [6, 6.07) is 14.9. The van der Waals surface area contributed by atoms with Crippen molar-refractivity contribution in [2.75, 3.05) is 0 Å². The molecule has 0 amide bonds. The topological polar surface area (TPSA) is 0 Å². The van der Waals surface area contributed by atoms with Gasteiger partial charge in [0, 0.05) is 0 Å². The monoisotopic (exact) mass is 544 g/mol. The van der Waals surface area contributed by atoms with E-state index in [2.05, 4.69) is 132 Å². The number of benzene rings is 2. The Balaban J connectivity index is 1.97. The van der Waals surface area contributed by atoms with Crippen LogP contribution in [0.3, 0.4) is 0 Å². The minimum absolute atomic E-state index is 0.150. The van der Waals surface area contributed by atoms with E-state index in [0.717, 1.165) is 0 Å². The van der Waals surface area contributed by atoms with Crippen LogP contribution in [0.5, 0.6) is 0 Å². The summed E-state index contributed by atoms with van der Waals surface area (Å²) in [5.74, 6) is 0.559. The quantitative estimate of drug-likeness (QED) is 0.352. The molecule has 2 aromatic rings. The van der Waals surface area contributed by atoms with Crippen LogP contribution < -0.4 is 0 Å². The van der Waals surface area contributed by atoms with E-state index in [4.69, 9.17) is 0 Å². The molecule has 0 fully saturated rings. The molecule has 2 aliphatic carbocycles. The van der Waals surface area contributed by atoms with Gasteiger partial charge in [0.05, 0.1) is 0 Å². The van der Waals surface area contributed by atoms with Crippen molar-refractivity contribution in [3.05, 3.63) is 79.7 Å². The standard InChI is InChI=1S/C21H25.C10H15.C3H6.Zr/c1-20(2,3)16-9-7-14-11-15-8-10-17(21(4,5)6)13-19(15)18(14)12-16;1-8-5-6-9(7-8)10(2,3)4;1-3-2;/h7-13H,1-6H3;6-8H,1-4H3;1-2H3;. The molecule has 0 bridgehead atoms. The first-order valence-corrected chi connectivity index (χ1v) is 17.3. The first kappa shape index (κ1) is 26.7. The van der Waals surface area contributed by atoms with Crippen LogP contribution in [0, 0.1) is 11.3 Å². The third-order valence-corrected chi connectivity index (χ3v) is 16.6. The molecule has 0 spiro atoms. The van der Waals surface area contributed by atoms with Crippen molar-refractivity contribution in [2.24, 2.45) is 11.3 Å². The van der Waals surface area contributed by atoms with Crippen molar-refractivity contribution < 1.29 is 21.3 Å². The molecule has 0 saturated carbocycles. The summed E-state index contributed by atoms with van der Waals surface area (Å²) in [6.45, 7) is 28.4. The van der Waals surface area contributed by atoms with Crippen LogP contribution in [0.4, 0.5) is 0 Å². The van der Waals surface area contributed by atoms with Crippen LogP contribution in [0.1, 0.15) is 109 Å². The van der Waals surface area contributed by atoms with E-state index in [1.165, 1.54) is 27.8 Å². The molecule has 1 heteroatoms. The molecule has 35 heavy (non-hydrogen) atoms. The van der Waals surface area contributed by atoms with Gasteiger partial charge in [-0.15, -0.1) is 0 Å². The molecule has 2 aliphatic rings. The van der Waals surface area contributed by atoms with Gasteiger partial charge in [-0.25, -0.2) is 0 Å². The molecule has 1 unspecified atom stereocenters. The molecule has 4 rings (SSSR count). The van der Waals surface area contributed by atoms with Gasteiger partial charge in [-0.3, -0.25) is 0 Å². The number of hydrogen-bond donors (Lipinski definition) is 0. The maximum atomic E-state index is 2.62. The van der Waals surface area contributed by atoms with Gasteiger partial charge in [0.25, 0.3) is 0 Å². The van der Waals surface area contributed by atoms with Gasteiger partial charge in [-0.2, -0.15) is 0 Å². The van der Waals surface area contributed by atoms with Crippen molar-refractivity contribution in [1.82, 2.24) is 0 Å². The molecular formula is C34H46Zr. The number of rotatable bonds is 2. The zero-order valence-electron chi connectivity index (χ0n) is 24.3. The second-order valence-corrected chi connectivity index (χ2v) is 21.5. The fraction of sp³-hybridized carbons (Fsp3) is 0.500. The average molecular weight is 546 g/mol. The molecule has 0 aromatic heterocycles. The molecule has 0 N–H and O–H groups in total. The summed E-state index contributed by atoms with van der Waals surface area (Å²) < 4.78 is 4.05. The van der Waals surface area contributed by atoms with E-state index in [-0.39, 0.29) is 16.2 Å². The van der Waals surface area contributed by atoms with Crippen molar-refractivity contribution in [3.63, 3.8) is 0 Å². The summed E-state index contributed by atoms with van der Waals surface area (Å²) in [5, 5.41) is 0. The van der Waals surface area contributed by atoms with E-state index in [1.54, 1.807) is 17.6 Å². The molecule has 186 valence electrons. The Hall–Kier alpha value is -1.33. The van der Waals surface area contributed by atoms with Crippen LogP contribution in [0.25, 0.3) is 11.1 Å². The number of fused-ring (bicyclic) bond motifs is 3. The Bertz CT molecular complexity index is 1190. The third kappa shape index (κ3) is 4.97. The second kappa shape index (κ2) is 8.90. The van der Waals surface area contributed by atoms with Crippen LogP contribution in [0.15, 0.2) is 57.4 Å². The van der Waals surface area contributed by atoms with Gasteiger partial charge in [-0.1, -0.05) is 0 Å². The molecular weight excluding hydrogens is 500 g/mol. The van der Waals surface area contributed by atoms with Gasteiger partial charge in [-0.05, 0) is 0 Å². The number of allylic oxidation sites excluding steroid dienone is 4. The molecule has 0 nitrogen and oxygen atoms in total. The third-order valence-electron chi connectivity index (χ3n) is 7.99. The van der Waals surface area contributed by atoms with Crippen molar-refractivity contribution >= 4 is 3.21 Å². The molecule has 2 aromatic carbocycles. The summed E-state index contributed by atoms with van der Waals surface area (Å²) in [6.07, 6.45) is 5.18. The molecule has 0 radical (unpaired) electrons.